The molecule has 14 nitrogen and oxygen atoms in total. The van der Waals surface area contributed by atoms with E-state index in [1.165, 1.54) is 4.90 Å². The molecule has 2 aliphatic heterocycles. The highest BCUT2D eigenvalue weighted by Crippen LogP contribution is 2.17. The number of ether oxygens (including phenoxy) is 3. The molecular weight excluding hydrogens is 636 g/mol. The Morgan fingerprint density at radius 1 is 0.755 bits per heavy atom. The third kappa shape index (κ3) is 16.4. The van der Waals surface area contributed by atoms with Gasteiger partial charge in [0.15, 0.2) is 0 Å². The van der Waals surface area contributed by atoms with Crippen molar-refractivity contribution in [2.24, 2.45) is 16.1 Å². The van der Waals surface area contributed by atoms with Crippen molar-refractivity contribution in [2.45, 2.75) is 66.6 Å². The Morgan fingerprint density at radius 3 is 1.71 bits per heavy atom. The summed E-state index contributed by atoms with van der Waals surface area (Å²) in [5, 5.41) is 5.82. The molecule has 14 heteroatoms. The van der Waals surface area contributed by atoms with Gasteiger partial charge in [-0.3, -0.25) is 24.0 Å². The normalized spacial score (nSPS) is 15.6. The average Bonchev–Trinajstić information content (AvgIpc) is 3.31. The smallest absolute Gasteiger partial charge is 0.410 e. The number of hydrogen-bond acceptors (Lipinski definition) is 10. The summed E-state index contributed by atoms with van der Waals surface area (Å²) in [6, 6.07) is 18.9. The van der Waals surface area contributed by atoms with E-state index in [4.69, 9.17) is 14.2 Å². The van der Waals surface area contributed by atoms with E-state index in [2.05, 4.69) is 10.2 Å². The molecule has 266 valence electrons. The number of esters is 1. The maximum absolute atomic E-state index is 12.1. The summed E-state index contributed by atoms with van der Waals surface area (Å²) in [7, 11) is 0. The molecule has 0 spiro atoms. The van der Waals surface area contributed by atoms with E-state index in [0.29, 0.717) is 32.5 Å². The van der Waals surface area contributed by atoms with Crippen LogP contribution in [0.3, 0.4) is 0 Å². The summed E-state index contributed by atoms with van der Waals surface area (Å²) in [4.78, 5) is 81.2. The average molecular weight is 683 g/mol. The Labute approximate surface area is 286 Å². The van der Waals surface area contributed by atoms with Gasteiger partial charge in [0.05, 0.1) is 6.61 Å². The molecule has 0 aromatic heterocycles. The lowest BCUT2D eigenvalue weighted by Gasteiger charge is -2.25. The van der Waals surface area contributed by atoms with Crippen molar-refractivity contribution in [3.8, 4) is 0 Å². The molecular formula is C35H46N4O10. The first kappa shape index (κ1) is 41.8. The van der Waals surface area contributed by atoms with Crippen LogP contribution in [0.25, 0.3) is 0 Å². The van der Waals surface area contributed by atoms with Crippen molar-refractivity contribution in [1.29, 1.82) is 0 Å². The Bertz CT molecular complexity index is 1380. The Hall–Kier alpha value is -5.27. The van der Waals surface area contributed by atoms with Gasteiger partial charge in [-0.2, -0.15) is 0 Å². The molecule has 0 bridgehead atoms. The molecule has 2 aromatic carbocycles. The number of likely N-dealkylation sites (tertiary alicyclic amines) is 2. The van der Waals surface area contributed by atoms with Gasteiger partial charge in [0.1, 0.15) is 30.7 Å². The lowest BCUT2D eigenvalue weighted by atomic mass is 10.00. The van der Waals surface area contributed by atoms with E-state index in [1.807, 2.05) is 60.7 Å². The van der Waals surface area contributed by atoms with Gasteiger partial charge < -0.3 is 24.0 Å². The van der Waals surface area contributed by atoms with E-state index in [0.717, 1.165) is 11.1 Å². The predicted molar refractivity (Wildman–Crippen MR) is 178 cm³/mol. The summed E-state index contributed by atoms with van der Waals surface area (Å²) in [6.07, 6.45) is 1.03. The molecule has 0 aliphatic carbocycles. The second-order valence-electron chi connectivity index (χ2n) is 10.5. The number of piperidine rings is 1. The van der Waals surface area contributed by atoms with Gasteiger partial charge in [-0.1, -0.05) is 75.0 Å². The summed E-state index contributed by atoms with van der Waals surface area (Å²) >= 11 is 0. The standard InChI is InChI=1S/C17H21NO5.C13H15NO3.C4H6N2O2.CH4/c1-2-22-16(20)14-8-10-18(11-9-15(14)19)17(21)23-12-13-6-4-3-5-7-13;15-12-6-8-14(9-7-12)13(16)17-10-11-4-2-1-3-5-11;1-2-4(8)6-5-3-7;/h3-7,14H,2,8-12H2,1H3;1-5H,6-10H2;3H,2H2,1H3;1H4. The fourth-order valence-corrected chi connectivity index (χ4v) is 4.37. The molecule has 0 saturated carbocycles. The SMILES string of the molecule is C.CCC(=O)N=NC=O.CCOC(=O)C1CCN(C(=O)OCc2ccccc2)CCC1=O.O=C1CCN(C(=O)OCc2ccccc2)CC1. The summed E-state index contributed by atoms with van der Waals surface area (Å²) in [5.74, 6) is -1.62. The highest BCUT2D eigenvalue weighted by molar-refractivity contribution is 5.99. The van der Waals surface area contributed by atoms with E-state index >= 15 is 0 Å². The number of carbonyl (C=O) groups is 7. The lowest BCUT2D eigenvalue weighted by Crippen LogP contribution is -2.38. The Kier molecular flexibility index (Phi) is 20.4. The van der Waals surface area contributed by atoms with Gasteiger partial charge in [0.2, 0.25) is 0 Å². The molecule has 1 unspecified atom stereocenters. The number of azo groups is 1. The number of hydrogen-bond donors (Lipinski definition) is 0. The minimum Gasteiger partial charge on any atom is -0.465 e. The molecule has 2 aromatic rings. The van der Waals surface area contributed by atoms with Crippen LogP contribution in [0.2, 0.25) is 0 Å². The highest BCUT2D eigenvalue weighted by Gasteiger charge is 2.32. The molecule has 49 heavy (non-hydrogen) atoms. The molecule has 2 saturated heterocycles. The van der Waals surface area contributed by atoms with Crippen molar-refractivity contribution in [3.05, 3.63) is 71.8 Å². The minimum absolute atomic E-state index is 0. The van der Waals surface area contributed by atoms with Gasteiger partial charge in [-0.25, -0.2) is 9.59 Å². The van der Waals surface area contributed by atoms with Crippen LogP contribution in [0.15, 0.2) is 70.9 Å². The van der Waals surface area contributed by atoms with Crippen molar-refractivity contribution >= 4 is 42.0 Å². The number of nitrogens with zero attached hydrogens (tertiary/aromatic N) is 4. The largest absolute Gasteiger partial charge is 0.465 e. The van der Waals surface area contributed by atoms with Gasteiger partial charge in [-0.15, -0.1) is 10.2 Å². The topological polar surface area (TPSA) is 178 Å². The molecule has 0 N–H and O–H groups in total. The molecule has 2 fully saturated rings. The zero-order chi connectivity index (χ0) is 35.1. The van der Waals surface area contributed by atoms with Gasteiger partial charge >= 0.3 is 18.2 Å². The van der Waals surface area contributed by atoms with Crippen molar-refractivity contribution in [3.63, 3.8) is 0 Å². The number of carbonyl (C=O) groups excluding carboxylic acids is 7. The molecule has 1 atom stereocenters. The fraction of sp³-hybridized carbons (Fsp3) is 0.457. The number of amides is 4. The van der Waals surface area contributed by atoms with Crippen molar-refractivity contribution in [2.75, 3.05) is 32.8 Å². The number of ketones is 2. The van der Waals surface area contributed by atoms with Crippen LogP contribution in [0, 0.1) is 5.92 Å². The molecule has 2 heterocycles. The van der Waals surface area contributed by atoms with Crippen LogP contribution in [0.1, 0.15) is 64.5 Å². The maximum Gasteiger partial charge on any atom is 0.410 e. The molecule has 4 rings (SSSR count). The lowest BCUT2D eigenvalue weighted by molar-refractivity contribution is -0.151. The second-order valence-corrected chi connectivity index (χ2v) is 10.5. The van der Waals surface area contributed by atoms with Gasteiger partial charge in [0, 0.05) is 51.9 Å². The van der Waals surface area contributed by atoms with Crippen LogP contribution >= 0.6 is 0 Å². The summed E-state index contributed by atoms with van der Waals surface area (Å²) in [6.45, 7) is 5.59. The predicted octanol–water partition coefficient (Wildman–Crippen LogP) is 5.32. The Morgan fingerprint density at radius 2 is 1.24 bits per heavy atom. The number of Topliss-reactive ketones (excluding diaryl/α,β-unsaturated/α-hetero) is 2. The first-order valence-electron chi connectivity index (χ1n) is 15.7. The summed E-state index contributed by atoms with van der Waals surface area (Å²) < 4.78 is 15.4. The van der Waals surface area contributed by atoms with E-state index in [1.54, 1.807) is 18.7 Å². The number of benzene rings is 2. The third-order valence-corrected chi connectivity index (χ3v) is 7.04. The minimum atomic E-state index is -0.776. The zero-order valence-electron chi connectivity index (χ0n) is 27.3. The van der Waals surface area contributed by atoms with E-state index < -0.39 is 18.0 Å². The third-order valence-electron chi connectivity index (χ3n) is 7.04. The van der Waals surface area contributed by atoms with Crippen LogP contribution in [-0.2, 0) is 51.4 Å². The van der Waals surface area contributed by atoms with E-state index in [9.17, 15) is 33.6 Å². The van der Waals surface area contributed by atoms with E-state index in [-0.39, 0.29) is 83.0 Å². The highest BCUT2D eigenvalue weighted by atomic mass is 16.6. The molecule has 2 aliphatic rings. The summed E-state index contributed by atoms with van der Waals surface area (Å²) in [5.41, 5.74) is 1.87. The maximum atomic E-state index is 12.1. The van der Waals surface area contributed by atoms with Crippen LogP contribution < -0.4 is 0 Å². The molecule has 4 amide bonds. The first-order chi connectivity index (χ1) is 23.2. The first-order valence-corrected chi connectivity index (χ1v) is 15.7. The fourth-order valence-electron chi connectivity index (χ4n) is 4.37. The Balaban J connectivity index is 0.000000406. The quantitative estimate of drug-likeness (QED) is 0.116. The van der Waals surface area contributed by atoms with Crippen LogP contribution in [0.4, 0.5) is 9.59 Å². The van der Waals surface area contributed by atoms with Crippen molar-refractivity contribution < 1.29 is 47.8 Å². The molecule has 0 radical (unpaired) electrons. The van der Waals surface area contributed by atoms with Gasteiger partial charge in [0.25, 0.3) is 12.3 Å². The van der Waals surface area contributed by atoms with Crippen LogP contribution in [0.5, 0.6) is 0 Å². The number of rotatable bonds is 8. The zero-order valence-corrected chi connectivity index (χ0v) is 27.3. The van der Waals surface area contributed by atoms with Crippen molar-refractivity contribution in [1.82, 2.24) is 9.80 Å². The monoisotopic (exact) mass is 682 g/mol. The van der Waals surface area contributed by atoms with Crippen LogP contribution in [-0.4, -0.2) is 84.6 Å². The van der Waals surface area contributed by atoms with Gasteiger partial charge in [-0.05, 0) is 24.5 Å². The second kappa shape index (κ2) is 24.0.